The minimum Gasteiger partial charge on any atom is -0.351 e. The Morgan fingerprint density at radius 2 is 1.96 bits per heavy atom. The highest BCUT2D eigenvalue weighted by molar-refractivity contribution is 8.00. The van der Waals surface area contributed by atoms with Crippen molar-refractivity contribution in [2.45, 2.75) is 37.8 Å². The fourth-order valence-electron chi connectivity index (χ4n) is 2.41. The van der Waals surface area contributed by atoms with Gasteiger partial charge < -0.3 is 5.32 Å². The Bertz CT molecular complexity index is 663. The average molecular weight is 363 g/mol. The summed E-state index contributed by atoms with van der Waals surface area (Å²) >= 11 is 7.93. The minimum atomic E-state index is -0.132. The Morgan fingerprint density at radius 1 is 1.21 bits per heavy atom. The van der Waals surface area contributed by atoms with Crippen LogP contribution in [0.25, 0.3) is 0 Å². The molecule has 3 nitrogen and oxygen atoms in total. The predicted molar refractivity (Wildman–Crippen MR) is 102 cm³/mol. The van der Waals surface area contributed by atoms with E-state index in [9.17, 15) is 4.79 Å². The van der Waals surface area contributed by atoms with Crippen molar-refractivity contribution in [2.24, 2.45) is 5.92 Å². The molecule has 0 aliphatic carbocycles. The number of rotatable bonds is 7. The molecule has 0 aliphatic heterocycles. The molecule has 1 heterocycles. The van der Waals surface area contributed by atoms with Crippen molar-refractivity contribution in [3.05, 3.63) is 64.9 Å². The molecule has 1 amide bonds. The Kier molecular flexibility index (Phi) is 7.13. The average Bonchev–Trinajstić information content (AvgIpc) is 2.58. The molecule has 24 heavy (non-hydrogen) atoms. The molecule has 0 radical (unpaired) electrons. The molecule has 1 aromatic carbocycles. The van der Waals surface area contributed by atoms with Gasteiger partial charge >= 0.3 is 0 Å². The number of nitrogens with zero attached hydrogens (tertiary/aromatic N) is 1. The lowest BCUT2D eigenvalue weighted by Gasteiger charge is -2.24. The maximum absolute atomic E-state index is 12.6. The van der Waals surface area contributed by atoms with Gasteiger partial charge in [0.25, 0.3) is 0 Å². The van der Waals surface area contributed by atoms with Gasteiger partial charge in [-0.3, -0.25) is 9.78 Å². The van der Waals surface area contributed by atoms with Crippen LogP contribution in [0.5, 0.6) is 0 Å². The van der Waals surface area contributed by atoms with Crippen LogP contribution in [-0.4, -0.2) is 16.1 Å². The standard InChI is InChI=1S/C19H23ClN2OS/c1-13(2)18(19(23)22-12-15-7-6-10-21-11-15)24-14(3)16-8-4-5-9-17(16)20/h4-11,13-14,18H,12H2,1-3H3,(H,22,23). The number of amides is 1. The Balaban J connectivity index is 2.00. The van der Waals surface area contributed by atoms with E-state index in [1.807, 2.05) is 36.4 Å². The number of benzene rings is 1. The van der Waals surface area contributed by atoms with Gasteiger partial charge in [-0.05, 0) is 36.1 Å². The normalized spacial score (nSPS) is 13.5. The summed E-state index contributed by atoms with van der Waals surface area (Å²) < 4.78 is 0. The summed E-state index contributed by atoms with van der Waals surface area (Å²) in [5, 5.41) is 3.78. The molecule has 2 atom stereocenters. The van der Waals surface area contributed by atoms with E-state index in [0.717, 1.165) is 16.1 Å². The van der Waals surface area contributed by atoms with Gasteiger partial charge in [-0.15, -0.1) is 11.8 Å². The summed E-state index contributed by atoms with van der Waals surface area (Å²) in [6, 6.07) is 11.6. The van der Waals surface area contributed by atoms with E-state index in [0.29, 0.717) is 6.54 Å². The van der Waals surface area contributed by atoms with Crippen LogP contribution in [0.3, 0.4) is 0 Å². The van der Waals surface area contributed by atoms with Crippen LogP contribution in [0.15, 0.2) is 48.8 Å². The van der Waals surface area contributed by atoms with Crippen molar-refractivity contribution >= 4 is 29.3 Å². The maximum Gasteiger partial charge on any atom is 0.233 e. The Labute approximate surface area is 153 Å². The summed E-state index contributed by atoms with van der Waals surface area (Å²) in [5.74, 6) is 0.284. The Morgan fingerprint density at radius 3 is 2.58 bits per heavy atom. The van der Waals surface area contributed by atoms with Gasteiger partial charge in [0.05, 0.1) is 5.25 Å². The highest BCUT2D eigenvalue weighted by Gasteiger charge is 2.26. The zero-order valence-electron chi connectivity index (χ0n) is 14.2. The molecule has 0 bridgehead atoms. The third-order valence-corrected chi connectivity index (χ3v) is 5.81. The molecule has 0 saturated heterocycles. The first-order valence-corrected chi connectivity index (χ1v) is 9.37. The highest BCUT2D eigenvalue weighted by Crippen LogP contribution is 2.37. The topological polar surface area (TPSA) is 42.0 Å². The lowest BCUT2D eigenvalue weighted by Crippen LogP contribution is -2.35. The van der Waals surface area contributed by atoms with Crippen LogP contribution in [-0.2, 0) is 11.3 Å². The molecule has 0 saturated carbocycles. The number of carbonyl (C=O) groups is 1. The number of carbonyl (C=O) groups excluding carboxylic acids is 1. The number of halogens is 1. The fourth-order valence-corrected chi connectivity index (χ4v) is 4.09. The van der Waals surface area contributed by atoms with Crippen molar-refractivity contribution in [2.75, 3.05) is 0 Å². The molecule has 0 fully saturated rings. The second kappa shape index (κ2) is 9.09. The number of aromatic nitrogens is 1. The van der Waals surface area contributed by atoms with Gasteiger partial charge in [0.15, 0.2) is 0 Å². The van der Waals surface area contributed by atoms with Crippen LogP contribution in [0.2, 0.25) is 5.02 Å². The number of pyridine rings is 1. The number of hydrogen-bond acceptors (Lipinski definition) is 3. The van der Waals surface area contributed by atoms with Crippen molar-refractivity contribution in [3.8, 4) is 0 Å². The first-order chi connectivity index (χ1) is 11.5. The van der Waals surface area contributed by atoms with Crippen LogP contribution >= 0.6 is 23.4 Å². The van der Waals surface area contributed by atoms with Crippen molar-refractivity contribution in [1.82, 2.24) is 10.3 Å². The van der Waals surface area contributed by atoms with Crippen LogP contribution < -0.4 is 5.32 Å². The van der Waals surface area contributed by atoms with E-state index < -0.39 is 0 Å². The molecule has 128 valence electrons. The van der Waals surface area contributed by atoms with Crippen LogP contribution in [0.4, 0.5) is 0 Å². The predicted octanol–water partition coefficient (Wildman–Crippen LogP) is 4.87. The van der Waals surface area contributed by atoms with Gasteiger partial charge in [0.2, 0.25) is 5.91 Å². The number of nitrogens with one attached hydrogen (secondary N) is 1. The molecular weight excluding hydrogens is 340 g/mol. The van der Waals surface area contributed by atoms with Crippen LogP contribution in [0.1, 0.15) is 37.1 Å². The molecular formula is C19H23ClN2OS. The first-order valence-electron chi connectivity index (χ1n) is 8.05. The van der Waals surface area contributed by atoms with E-state index in [2.05, 4.69) is 31.1 Å². The largest absolute Gasteiger partial charge is 0.351 e. The van der Waals surface area contributed by atoms with E-state index in [1.165, 1.54) is 0 Å². The summed E-state index contributed by atoms with van der Waals surface area (Å²) in [7, 11) is 0. The molecule has 2 aromatic rings. The number of thioether (sulfide) groups is 1. The summed E-state index contributed by atoms with van der Waals surface area (Å²) in [4.78, 5) is 16.7. The third-order valence-electron chi connectivity index (χ3n) is 3.75. The van der Waals surface area contributed by atoms with Crippen LogP contribution in [0, 0.1) is 5.92 Å². The van der Waals surface area contributed by atoms with E-state index >= 15 is 0 Å². The van der Waals surface area contributed by atoms with E-state index in [1.54, 1.807) is 24.2 Å². The first kappa shape index (κ1) is 18.8. The lowest BCUT2D eigenvalue weighted by atomic mass is 10.1. The molecule has 5 heteroatoms. The van der Waals surface area contributed by atoms with E-state index in [4.69, 9.17) is 11.6 Å². The lowest BCUT2D eigenvalue weighted by molar-refractivity contribution is -0.121. The third kappa shape index (κ3) is 5.25. The smallest absolute Gasteiger partial charge is 0.233 e. The zero-order valence-corrected chi connectivity index (χ0v) is 15.8. The van der Waals surface area contributed by atoms with Gasteiger partial charge in [0.1, 0.15) is 0 Å². The Hall–Kier alpha value is -1.52. The summed E-state index contributed by atoms with van der Waals surface area (Å²) in [5.41, 5.74) is 2.06. The molecule has 1 aromatic heterocycles. The second-order valence-corrected chi connectivity index (χ2v) is 7.94. The van der Waals surface area contributed by atoms with Gasteiger partial charge in [0, 0.05) is 29.2 Å². The van der Waals surface area contributed by atoms with Gasteiger partial charge in [-0.1, -0.05) is 49.7 Å². The highest BCUT2D eigenvalue weighted by atomic mass is 35.5. The monoisotopic (exact) mass is 362 g/mol. The summed E-state index contributed by atoms with van der Waals surface area (Å²) in [6.07, 6.45) is 3.49. The number of hydrogen-bond donors (Lipinski definition) is 1. The van der Waals surface area contributed by atoms with Crippen molar-refractivity contribution < 1.29 is 4.79 Å². The molecule has 0 aliphatic rings. The SMILES string of the molecule is CC(SC(C(=O)NCc1cccnc1)C(C)C)c1ccccc1Cl. The zero-order chi connectivity index (χ0) is 17.5. The van der Waals surface area contributed by atoms with Gasteiger partial charge in [-0.2, -0.15) is 0 Å². The molecule has 2 unspecified atom stereocenters. The van der Waals surface area contributed by atoms with Gasteiger partial charge in [-0.25, -0.2) is 0 Å². The van der Waals surface area contributed by atoms with Crippen molar-refractivity contribution in [1.29, 1.82) is 0 Å². The molecule has 0 spiro atoms. The van der Waals surface area contributed by atoms with Crippen molar-refractivity contribution in [3.63, 3.8) is 0 Å². The molecule has 1 N–H and O–H groups in total. The second-order valence-electron chi connectivity index (χ2n) is 6.04. The maximum atomic E-state index is 12.6. The van der Waals surface area contributed by atoms with E-state index in [-0.39, 0.29) is 22.3 Å². The summed E-state index contributed by atoms with van der Waals surface area (Å²) in [6.45, 7) is 6.73. The minimum absolute atomic E-state index is 0.0535. The fraction of sp³-hybridized carbons (Fsp3) is 0.368. The molecule has 2 rings (SSSR count). The quantitative estimate of drug-likeness (QED) is 0.763.